The molecule has 1 heterocycles. The fourth-order valence-corrected chi connectivity index (χ4v) is 1.42. The van der Waals surface area contributed by atoms with Crippen LogP contribution >= 0.6 is 0 Å². The molecule has 0 aliphatic heterocycles. The van der Waals surface area contributed by atoms with Crippen molar-refractivity contribution < 1.29 is 13.2 Å². The summed E-state index contributed by atoms with van der Waals surface area (Å²) in [5.41, 5.74) is 1.08. The van der Waals surface area contributed by atoms with E-state index in [1.165, 1.54) is 12.1 Å². The Hall–Kier alpha value is -1.97. The van der Waals surface area contributed by atoms with Crippen molar-refractivity contribution in [1.82, 2.24) is 4.98 Å². The third-order valence-electron chi connectivity index (χ3n) is 2.33. The average molecular weight is 237 g/mol. The quantitative estimate of drug-likeness (QED) is 0.805. The first-order chi connectivity index (χ1) is 8.05. The molecule has 1 nitrogen and oxygen atoms in total. The monoisotopic (exact) mass is 237 g/mol. The van der Waals surface area contributed by atoms with Crippen LogP contribution < -0.4 is 0 Å². The highest BCUT2D eigenvalue weighted by Gasteiger charge is 2.29. The Kier molecular flexibility index (Phi) is 3.04. The lowest BCUT2D eigenvalue weighted by Crippen LogP contribution is -2.03. The second kappa shape index (κ2) is 4.49. The van der Waals surface area contributed by atoms with Crippen molar-refractivity contribution in [3.8, 4) is 0 Å². The highest BCUT2D eigenvalue weighted by atomic mass is 19.4. The van der Waals surface area contributed by atoms with E-state index in [0.29, 0.717) is 0 Å². The Morgan fingerprint density at radius 3 is 2.06 bits per heavy atom. The summed E-state index contributed by atoms with van der Waals surface area (Å²) in [4.78, 5) is 2.90. The van der Waals surface area contributed by atoms with Crippen molar-refractivity contribution in [2.45, 2.75) is 6.18 Å². The van der Waals surface area contributed by atoms with Gasteiger partial charge >= 0.3 is 6.18 Å². The van der Waals surface area contributed by atoms with Crippen LogP contribution in [0.4, 0.5) is 13.2 Å². The number of aromatic amines is 1. The van der Waals surface area contributed by atoms with E-state index in [1.807, 2.05) is 12.1 Å². The van der Waals surface area contributed by atoms with Crippen LogP contribution in [0.25, 0.3) is 12.2 Å². The van der Waals surface area contributed by atoms with Gasteiger partial charge in [-0.1, -0.05) is 24.3 Å². The zero-order valence-electron chi connectivity index (χ0n) is 8.83. The van der Waals surface area contributed by atoms with E-state index in [1.54, 1.807) is 18.5 Å². The fraction of sp³-hybridized carbons (Fsp3) is 0.0769. The van der Waals surface area contributed by atoms with Gasteiger partial charge in [-0.15, -0.1) is 0 Å². The van der Waals surface area contributed by atoms with Gasteiger partial charge in [0.25, 0.3) is 0 Å². The number of rotatable bonds is 2. The van der Waals surface area contributed by atoms with E-state index in [2.05, 4.69) is 4.98 Å². The number of H-pyrrole nitrogens is 1. The Labute approximate surface area is 96.6 Å². The van der Waals surface area contributed by atoms with E-state index >= 15 is 0 Å². The van der Waals surface area contributed by atoms with E-state index in [-0.39, 0.29) is 0 Å². The van der Waals surface area contributed by atoms with Crippen LogP contribution in [0.15, 0.2) is 42.7 Å². The van der Waals surface area contributed by atoms with Crippen LogP contribution in [0.2, 0.25) is 0 Å². The molecule has 1 N–H and O–H groups in total. The molecule has 0 bridgehead atoms. The molecule has 88 valence electrons. The van der Waals surface area contributed by atoms with Crippen molar-refractivity contribution in [3.63, 3.8) is 0 Å². The van der Waals surface area contributed by atoms with Gasteiger partial charge in [-0.25, -0.2) is 0 Å². The Bertz CT molecular complexity index is 492. The highest BCUT2D eigenvalue weighted by Crippen LogP contribution is 2.29. The van der Waals surface area contributed by atoms with Crippen LogP contribution in [0.5, 0.6) is 0 Å². The van der Waals surface area contributed by atoms with Crippen molar-refractivity contribution in [2.75, 3.05) is 0 Å². The number of hydrogen-bond donors (Lipinski definition) is 1. The molecule has 0 aliphatic rings. The molecule has 0 saturated carbocycles. The third kappa shape index (κ3) is 3.00. The lowest BCUT2D eigenvalue weighted by Gasteiger charge is -2.05. The van der Waals surface area contributed by atoms with E-state index in [9.17, 15) is 13.2 Å². The summed E-state index contributed by atoms with van der Waals surface area (Å²) in [5, 5.41) is 0. The first-order valence-corrected chi connectivity index (χ1v) is 5.04. The second-order valence-electron chi connectivity index (χ2n) is 3.60. The number of halogens is 3. The van der Waals surface area contributed by atoms with Crippen molar-refractivity contribution in [1.29, 1.82) is 0 Å². The van der Waals surface area contributed by atoms with Crippen LogP contribution in [0.3, 0.4) is 0 Å². The largest absolute Gasteiger partial charge is 0.416 e. The van der Waals surface area contributed by atoms with Crippen LogP contribution in [-0.4, -0.2) is 4.98 Å². The Morgan fingerprint density at radius 1 is 0.882 bits per heavy atom. The van der Waals surface area contributed by atoms with Gasteiger partial charge < -0.3 is 4.98 Å². The molecule has 0 saturated heterocycles. The maximum absolute atomic E-state index is 12.3. The minimum Gasteiger partial charge on any atom is -0.367 e. The van der Waals surface area contributed by atoms with Crippen LogP contribution in [0.1, 0.15) is 16.7 Å². The summed E-state index contributed by atoms with van der Waals surface area (Å²) in [7, 11) is 0. The molecule has 4 heteroatoms. The predicted octanol–water partition coefficient (Wildman–Crippen LogP) is 4.20. The molecule has 2 rings (SSSR count). The molecule has 0 aliphatic carbocycles. The zero-order valence-corrected chi connectivity index (χ0v) is 8.83. The summed E-state index contributed by atoms with van der Waals surface area (Å²) < 4.78 is 36.9. The van der Waals surface area contributed by atoms with Gasteiger partial charge in [0.2, 0.25) is 0 Å². The molecule has 0 atom stereocenters. The lowest BCUT2D eigenvalue weighted by atomic mass is 10.1. The number of hydrogen-bond acceptors (Lipinski definition) is 0. The molecule has 2 aromatic rings. The molecule has 0 fully saturated rings. The van der Waals surface area contributed by atoms with Crippen molar-refractivity contribution in [2.24, 2.45) is 0 Å². The molecule has 0 amide bonds. The van der Waals surface area contributed by atoms with Crippen LogP contribution in [0, 0.1) is 0 Å². The van der Waals surface area contributed by atoms with Gasteiger partial charge in [-0.05, 0) is 29.3 Å². The number of aromatic nitrogens is 1. The van der Waals surface area contributed by atoms with Gasteiger partial charge in [0.05, 0.1) is 5.56 Å². The maximum atomic E-state index is 12.3. The lowest BCUT2D eigenvalue weighted by molar-refractivity contribution is -0.137. The standard InChI is InChI=1S/C13H10F3N/c14-13(15,16)12-5-3-10(4-6-12)1-2-11-7-8-17-9-11/h1-9,17H. The maximum Gasteiger partial charge on any atom is 0.416 e. The van der Waals surface area contributed by atoms with E-state index < -0.39 is 11.7 Å². The summed E-state index contributed by atoms with van der Waals surface area (Å²) in [6, 6.07) is 6.94. The summed E-state index contributed by atoms with van der Waals surface area (Å²) in [5.74, 6) is 0. The summed E-state index contributed by atoms with van der Waals surface area (Å²) in [6.07, 6.45) is 2.91. The van der Waals surface area contributed by atoms with Gasteiger partial charge in [0.15, 0.2) is 0 Å². The minimum atomic E-state index is -4.27. The fourth-order valence-electron chi connectivity index (χ4n) is 1.42. The molecule has 0 radical (unpaired) electrons. The molecular formula is C13H10F3N. The average Bonchev–Trinajstić information content (AvgIpc) is 2.78. The zero-order chi connectivity index (χ0) is 12.3. The highest BCUT2D eigenvalue weighted by molar-refractivity contribution is 5.69. The van der Waals surface area contributed by atoms with Crippen molar-refractivity contribution in [3.05, 3.63) is 59.4 Å². The molecule has 0 spiro atoms. The topological polar surface area (TPSA) is 15.8 Å². The number of benzene rings is 1. The first kappa shape index (κ1) is 11.5. The van der Waals surface area contributed by atoms with Gasteiger partial charge in [-0.3, -0.25) is 0 Å². The molecule has 1 aromatic carbocycles. The van der Waals surface area contributed by atoms with E-state index in [0.717, 1.165) is 23.3 Å². The predicted molar refractivity (Wildman–Crippen MR) is 61.2 cm³/mol. The third-order valence-corrected chi connectivity index (χ3v) is 2.33. The Balaban J connectivity index is 2.14. The number of nitrogens with one attached hydrogen (secondary N) is 1. The smallest absolute Gasteiger partial charge is 0.367 e. The molecule has 1 aromatic heterocycles. The first-order valence-electron chi connectivity index (χ1n) is 5.04. The SMILES string of the molecule is FC(F)(F)c1ccc(C=Cc2cc[nH]c2)cc1. The molecule has 17 heavy (non-hydrogen) atoms. The Morgan fingerprint density at radius 2 is 1.53 bits per heavy atom. The van der Waals surface area contributed by atoms with Gasteiger partial charge in [-0.2, -0.15) is 13.2 Å². The van der Waals surface area contributed by atoms with Gasteiger partial charge in [0.1, 0.15) is 0 Å². The second-order valence-corrected chi connectivity index (χ2v) is 3.60. The summed E-state index contributed by atoms with van der Waals surface area (Å²) >= 11 is 0. The van der Waals surface area contributed by atoms with E-state index in [4.69, 9.17) is 0 Å². The van der Waals surface area contributed by atoms with Gasteiger partial charge in [0, 0.05) is 12.4 Å². The normalized spacial score (nSPS) is 12.2. The van der Waals surface area contributed by atoms with Crippen LogP contribution in [-0.2, 0) is 6.18 Å². The summed E-state index contributed by atoms with van der Waals surface area (Å²) in [6.45, 7) is 0. The minimum absolute atomic E-state index is 0.628. The van der Waals surface area contributed by atoms with Crippen molar-refractivity contribution >= 4 is 12.2 Å². The number of alkyl halides is 3. The molecule has 0 unspecified atom stereocenters. The molecular weight excluding hydrogens is 227 g/mol.